The van der Waals surface area contributed by atoms with Gasteiger partial charge in [-0.15, -0.1) is 5.11 Å². The molecule has 0 spiro atoms. The van der Waals surface area contributed by atoms with Crippen molar-refractivity contribution in [3.8, 4) is 0 Å². The summed E-state index contributed by atoms with van der Waals surface area (Å²) in [4.78, 5) is 14.3. The van der Waals surface area contributed by atoms with E-state index in [1.165, 1.54) is 6.20 Å². The molecule has 0 saturated carbocycles. The van der Waals surface area contributed by atoms with Gasteiger partial charge in [-0.1, -0.05) is 6.08 Å². The largest absolute Gasteiger partial charge is 0.343 e. The van der Waals surface area contributed by atoms with E-state index >= 15 is 0 Å². The fourth-order valence-electron chi connectivity index (χ4n) is 1.97. The highest BCUT2D eigenvalue weighted by Crippen LogP contribution is 2.16. The van der Waals surface area contributed by atoms with Crippen molar-refractivity contribution in [2.45, 2.75) is 6.92 Å². The van der Waals surface area contributed by atoms with Crippen molar-refractivity contribution in [2.75, 3.05) is 26.2 Å². The van der Waals surface area contributed by atoms with Gasteiger partial charge in [0.05, 0.1) is 11.4 Å². The first-order valence-electron chi connectivity index (χ1n) is 6.55. The molecule has 2 rings (SSSR count). The molecule has 112 valence electrons. The van der Waals surface area contributed by atoms with Crippen LogP contribution in [-0.4, -0.2) is 57.8 Å². The number of piperazine rings is 1. The number of hydrogen-bond acceptors (Lipinski definition) is 5. The number of thiocarbonyl (C=S) groups is 1. The lowest BCUT2D eigenvalue weighted by atomic mass is 10.2. The van der Waals surface area contributed by atoms with Gasteiger partial charge in [-0.25, -0.2) is 5.06 Å². The van der Waals surface area contributed by atoms with Crippen molar-refractivity contribution in [3.05, 3.63) is 35.8 Å². The SMILES string of the molecule is CC(N=NC(=S)N1CCN(C=O)CC1)=C1C=CC=CN1O. The van der Waals surface area contributed by atoms with Gasteiger partial charge in [-0.05, 0) is 31.3 Å². The number of hydrogen-bond donors (Lipinski definition) is 1. The molecule has 0 atom stereocenters. The molecule has 0 aliphatic carbocycles. The minimum Gasteiger partial charge on any atom is -0.343 e. The first-order valence-corrected chi connectivity index (χ1v) is 6.96. The van der Waals surface area contributed by atoms with Crippen LogP contribution in [0.3, 0.4) is 0 Å². The van der Waals surface area contributed by atoms with E-state index in [9.17, 15) is 10.0 Å². The van der Waals surface area contributed by atoms with E-state index in [4.69, 9.17) is 12.2 Å². The molecule has 1 amide bonds. The van der Waals surface area contributed by atoms with Crippen molar-refractivity contribution in [1.29, 1.82) is 0 Å². The minimum absolute atomic E-state index is 0.389. The zero-order chi connectivity index (χ0) is 15.2. The van der Waals surface area contributed by atoms with E-state index in [1.54, 1.807) is 30.1 Å². The predicted octanol–water partition coefficient (Wildman–Crippen LogP) is 1.50. The number of amides is 1. The maximum atomic E-state index is 10.6. The molecular formula is C13H17N5O2S. The van der Waals surface area contributed by atoms with E-state index in [2.05, 4.69) is 10.2 Å². The molecule has 0 unspecified atom stereocenters. The molecule has 0 radical (unpaired) electrons. The smallest absolute Gasteiger partial charge is 0.216 e. The minimum atomic E-state index is 0.389. The van der Waals surface area contributed by atoms with Gasteiger partial charge in [-0.3, -0.25) is 10.0 Å². The third-order valence-corrected chi connectivity index (χ3v) is 3.57. The summed E-state index contributed by atoms with van der Waals surface area (Å²) in [6.07, 6.45) is 7.62. The average Bonchev–Trinajstić information content (AvgIpc) is 2.52. The van der Waals surface area contributed by atoms with Crippen molar-refractivity contribution in [1.82, 2.24) is 14.9 Å². The lowest BCUT2D eigenvalue weighted by Gasteiger charge is -2.32. The summed E-state index contributed by atoms with van der Waals surface area (Å²) >= 11 is 5.23. The van der Waals surface area contributed by atoms with Crippen LogP contribution in [0.2, 0.25) is 0 Å². The molecule has 0 aromatic carbocycles. The Morgan fingerprint density at radius 3 is 2.62 bits per heavy atom. The topological polar surface area (TPSA) is 71.7 Å². The van der Waals surface area contributed by atoms with Crippen LogP contribution in [0.15, 0.2) is 46.1 Å². The van der Waals surface area contributed by atoms with Crippen molar-refractivity contribution in [3.63, 3.8) is 0 Å². The summed E-state index contributed by atoms with van der Waals surface area (Å²) in [5.41, 5.74) is 1.11. The molecule has 0 bridgehead atoms. The Hall–Kier alpha value is -2.06. The Balaban J connectivity index is 1.96. The first kappa shape index (κ1) is 15.3. The fourth-order valence-corrected chi connectivity index (χ4v) is 2.20. The van der Waals surface area contributed by atoms with E-state index in [0.29, 0.717) is 42.7 Å². The zero-order valence-electron chi connectivity index (χ0n) is 11.7. The second-order valence-corrected chi connectivity index (χ2v) is 4.99. The fraction of sp³-hybridized carbons (Fsp3) is 0.385. The Morgan fingerprint density at radius 1 is 1.29 bits per heavy atom. The molecule has 21 heavy (non-hydrogen) atoms. The van der Waals surface area contributed by atoms with Crippen LogP contribution >= 0.6 is 12.2 Å². The third-order valence-electron chi connectivity index (χ3n) is 3.23. The number of azo groups is 1. The van der Waals surface area contributed by atoms with E-state index in [0.717, 1.165) is 11.5 Å². The Bertz CT molecular complexity index is 533. The second kappa shape index (κ2) is 7.09. The van der Waals surface area contributed by atoms with Crippen LogP contribution in [0.1, 0.15) is 6.92 Å². The quantitative estimate of drug-likeness (QED) is 0.475. The van der Waals surface area contributed by atoms with Crippen LogP contribution in [0, 0.1) is 0 Å². The summed E-state index contributed by atoms with van der Waals surface area (Å²) in [5.74, 6) is 0. The van der Waals surface area contributed by atoms with E-state index in [1.807, 2.05) is 4.90 Å². The lowest BCUT2D eigenvalue weighted by molar-refractivity contribution is -0.119. The summed E-state index contributed by atoms with van der Waals surface area (Å²) in [6, 6.07) is 0. The van der Waals surface area contributed by atoms with E-state index in [-0.39, 0.29) is 0 Å². The van der Waals surface area contributed by atoms with Gasteiger partial charge in [0.15, 0.2) is 0 Å². The van der Waals surface area contributed by atoms with Crippen LogP contribution in [0.5, 0.6) is 0 Å². The number of rotatable bonds is 2. The Kier molecular flexibility index (Phi) is 5.18. The lowest BCUT2D eigenvalue weighted by Crippen LogP contribution is -2.47. The number of carbonyl (C=O) groups excluding carboxylic acids is 1. The summed E-state index contributed by atoms with van der Waals surface area (Å²) in [5, 5.41) is 19.1. The molecule has 8 heteroatoms. The van der Waals surface area contributed by atoms with Crippen LogP contribution in [0.25, 0.3) is 0 Å². The summed E-state index contributed by atoms with van der Waals surface area (Å²) < 4.78 is 0. The molecule has 0 aromatic heterocycles. The van der Waals surface area contributed by atoms with Gasteiger partial charge in [0.25, 0.3) is 0 Å². The molecule has 2 heterocycles. The van der Waals surface area contributed by atoms with Crippen LogP contribution in [0.4, 0.5) is 0 Å². The monoisotopic (exact) mass is 307 g/mol. The highest BCUT2D eigenvalue weighted by molar-refractivity contribution is 7.80. The molecule has 0 aromatic rings. The standard InChI is InChI=1S/C13H17N5O2S/c1-11(12-4-2-3-5-18(12)20)14-15-13(21)17-8-6-16(10-19)7-9-17/h2-5,10,20H,6-9H2,1H3. The molecule has 1 saturated heterocycles. The zero-order valence-corrected chi connectivity index (χ0v) is 12.5. The average molecular weight is 307 g/mol. The normalized spacial score (nSPS) is 21.1. The number of hydroxylamine groups is 2. The van der Waals surface area contributed by atoms with Gasteiger partial charge in [-0.2, -0.15) is 5.11 Å². The van der Waals surface area contributed by atoms with Gasteiger partial charge in [0.1, 0.15) is 0 Å². The van der Waals surface area contributed by atoms with Crippen molar-refractivity contribution in [2.24, 2.45) is 10.2 Å². The van der Waals surface area contributed by atoms with Gasteiger partial charge < -0.3 is 9.80 Å². The molecular weight excluding hydrogens is 290 g/mol. The van der Waals surface area contributed by atoms with Crippen molar-refractivity contribution < 1.29 is 10.0 Å². The summed E-state index contributed by atoms with van der Waals surface area (Å²) in [7, 11) is 0. The maximum absolute atomic E-state index is 10.6. The van der Waals surface area contributed by atoms with Crippen LogP contribution < -0.4 is 0 Å². The van der Waals surface area contributed by atoms with Crippen LogP contribution in [-0.2, 0) is 4.79 Å². The van der Waals surface area contributed by atoms with Crippen molar-refractivity contribution >= 4 is 23.7 Å². The highest BCUT2D eigenvalue weighted by atomic mass is 32.1. The van der Waals surface area contributed by atoms with E-state index < -0.39 is 0 Å². The van der Waals surface area contributed by atoms with Gasteiger partial charge in [0, 0.05) is 32.4 Å². The number of carbonyl (C=O) groups is 1. The Labute approximate surface area is 128 Å². The molecule has 1 fully saturated rings. The van der Waals surface area contributed by atoms with Gasteiger partial charge in [0.2, 0.25) is 11.5 Å². The van der Waals surface area contributed by atoms with Gasteiger partial charge >= 0.3 is 0 Å². The highest BCUT2D eigenvalue weighted by Gasteiger charge is 2.17. The number of allylic oxidation sites excluding steroid dienone is 4. The summed E-state index contributed by atoms with van der Waals surface area (Å²) in [6.45, 7) is 4.33. The second-order valence-electron chi connectivity index (χ2n) is 4.63. The molecule has 2 aliphatic heterocycles. The third kappa shape index (κ3) is 3.96. The predicted molar refractivity (Wildman–Crippen MR) is 81.3 cm³/mol. The molecule has 1 N–H and O–H groups in total. The molecule has 2 aliphatic rings. The Morgan fingerprint density at radius 2 is 2.00 bits per heavy atom. The first-order chi connectivity index (χ1) is 10.1. The number of nitrogens with zero attached hydrogens (tertiary/aromatic N) is 5. The molecule has 7 nitrogen and oxygen atoms in total. The maximum Gasteiger partial charge on any atom is 0.216 e.